The second-order valence-corrected chi connectivity index (χ2v) is 5.82. The van der Waals surface area contributed by atoms with Gasteiger partial charge in [-0.05, 0) is 48.4 Å². The smallest absolute Gasteiger partial charge is 0.336 e. The minimum atomic E-state index is -0.508. The molecule has 0 bridgehead atoms. The van der Waals surface area contributed by atoms with Crippen LogP contribution in [-0.2, 0) is 0 Å². The number of allylic oxidation sites excluding steroid dienone is 1. The molecule has 0 N–H and O–H groups in total. The summed E-state index contributed by atoms with van der Waals surface area (Å²) >= 11 is 0. The Hall–Kier alpha value is -3.34. The van der Waals surface area contributed by atoms with Gasteiger partial charge in [-0.1, -0.05) is 6.07 Å². The molecule has 25 heavy (non-hydrogen) atoms. The fourth-order valence-electron chi connectivity index (χ4n) is 2.85. The van der Waals surface area contributed by atoms with Crippen molar-refractivity contribution >= 4 is 22.8 Å². The van der Waals surface area contributed by atoms with Crippen molar-refractivity contribution in [2.75, 3.05) is 7.11 Å². The highest BCUT2D eigenvalue weighted by Crippen LogP contribution is 2.33. The molecule has 124 valence electrons. The van der Waals surface area contributed by atoms with Crippen LogP contribution < -0.4 is 15.1 Å². The molecule has 0 radical (unpaired) electrons. The number of rotatable bonds is 2. The molecule has 3 aromatic rings. The Morgan fingerprint density at radius 2 is 1.88 bits per heavy atom. The number of Topliss-reactive ketones (excluding diaryl/α,β-unsaturated/α-hetero) is 1. The predicted molar refractivity (Wildman–Crippen MR) is 93.2 cm³/mol. The highest BCUT2D eigenvalue weighted by atomic mass is 16.5. The Kier molecular flexibility index (Phi) is 3.42. The number of carbonyl (C=O) groups is 1. The molecule has 0 fully saturated rings. The number of ether oxygens (including phenoxy) is 2. The highest BCUT2D eigenvalue weighted by Gasteiger charge is 2.27. The maximum Gasteiger partial charge on any atom is 0.336 e. The Morgan fingerprint density at radius 1 is 1.04 bits per heavy atom. The zero-order valence-corrected chi connectivity index (χ0v) is 13.7. The van der Waals surface area contributed by atoms with Crippen molar-refractivity contribution < 1.29 is 18.7 Å². The summed E-state index contributed by atoms with van der Waals surface area (Å²) < 4.78 is 16.1. The summed E-state index contributed by atoms with van der Waals surface area (Å²) in [6, 6.07) is 11.9. The lowest BCUT2D eigenvalue weighted by Gasteiger charge is -2.04. The normalized spacial score (nSPS) is 14.6. The summed E-state index contributed by atoms with van der Waals surface area (Å²) in [5, 5.41) is 0.691. The third kappa shape index (κ3) is 2.59. The number of fused-ring (bicyclic) bond motifs is 2. The van der Waals surface area contributed by atoms with Crippen LogP contribution in [0.1, 0.15) is 21.5 Å². The van der Waals surface area contributed by atoms with Crippen LogP contribution in [0.3, 0.4) is 0 Å². The second kappa shape index (κ2) is 5.63. The molecule has 0 spiro atoms. The Labute approximate surface area is 143 Å². The molecule has 1 aliphatic rings. The first-order valence-electron chi connectivity index (χ1n) is 7.72. The summed E-state index contributed by atoms with van der Waals surface area (Å²) in [5.74, 6) is 1.09. The molecule has 5 heteroatoms. The summed E-state index contributed by atoms with van der Waals surface area (Å²) in [7, 11) is 1.54. The van der Waals surface area contributed by atoms with Gasteiger partial charge in [0.05, 0.1) is 12.7 Å². The van der Waals surface area contributed by atoms with Crippen LogP contribution in [0.5, 0.6) is 11.5 Å². The van der Waals surface area contributed by atoms with Crippen molar-refractivity contribution in [3.63, 3.8) is 0 Å². The third-order valence-corrected chi connectivity index (χ3v) is 4.10. The number of hydrogen-bond acceptors (Lipinski definition) is 5. The molecule has 0 saturated carbocycles. The van der Waals surface area contributed by atoms with Crippen molar-refractivity contribution in [1.29, 1.82) is 0 Å². The van der Waals surface area contributed by atoms with Crippen LogP contribution in [0.4, 0.5) is 0 Å². The van der Waals surface area contributed by atoms with Crippen LogP contribution in [0, 0.1) is 6.92 Å². The van der Waals surface area contributed by atoms with Crippen molar-refractivity contribution in [3.05, 3.63) is 75.3 Å². The number of hydrogen-bond donors (Lipinski definition) is 0. The largest absolute Gasteiger partial charge is 0.497 e. The fourth-order valence-corrected chi connectivity index (χ4v) is 2.85. The molecular formula is C20H14O5. The van der Waals surface area contributed by atoms with Gasteiger partial charge >= 0.3 is 5.63 Å². The molecule has 0 amide bonds. The SMILES string of the molecule is COc1ccc2c(/C=C3\Oc4cc(C)ccc4C3=O)cc(=O)oc2c1. The molecule has 2 heterocycles. The first-order valence-corrected chi connectivity index (χ1v) is 7.72. The Balaban J connectivity index is 1.85. The van der Waals surface area contributed by atoms with Gasteiger partial charge in [0.15, 0.2) is 5.76 Å². The molecule has 0 unspecified atom stereocenters. The standard InChI is InChI=1S/C20H14O5/c1-11-3-5-15-16(7-11)24-18(20(15)22)8-12-9-19(21)25-17-10-13(23-2)4-6-14(12)17/h3-10H,1-2H3/b18-8-. The molecule has 1 aliphatic heterocycles. The van der Waals surface area contributed by atoms with E-state index in [9.17, 15) is 9.59 Å². The van der Waals surface area contributed by atoms with Gasteiger partial charge in [0.25, 0.3) is 0 Å². The van der Waals surface area contributed by atoms with Gasteiger partial charge in [-0.25, -0.2) is 4.79 Å². The third-order valence-electron chi connectivity index (χ3n) is 4.10. The van der Waals surface area contributed by atoms with E-state index in [0.717, 1.165) is 5.56 Å². The van der Waals surface area contributed by atoms with Gasteiger partial charge in [0, 0.05) is 17.5 Å². The van der Waals surface area contributed by atoms with E-state index in [4.69, 9.17) is 13.9 Å². The zero-order valence-electron chi connectivity index (χ0n) is 13.7. The number of ketones is 1. The van der Waals surface area contributed by atoms with E-state index in [0.29, 0.717) is 33.6 Å². The van der Waals surface area contributed by atoms with E-state index < -0.39 is 5.63 Å². The average molecular weight is 334 g/mol. The monoisotopic (exact) mass is 334 g/mol. The van der Waals surface area contributed by atoms with Crippen molar-refractivity contribution in [2.45, 2.75) is 6.92 Å². The first-order chi connectivity index (χ1) is 12.0. The van der Waals surface area contributed by atoms with Gasteiger partial charge < -0.3 is 13.9 Å². The van der Waals surface area contributed by atoms with Crippen LogP contribution in [0.25, 0.3) is 17.0 Å². The fraction of sp³-hybridized carbons (Fsp3) is 0.100. The average Bonchev–Trinajstić information content (AvgIpc) is 2.89. The van der Waals surface area contributed by atoms with Gasteiger partial charge in [-0.15, -0.1) is 0 Å². The lowest BCUT2D eigenvalue weighted by molar-refractivity contribution is 0.101. The lowest BCUT2D eigenvalue weighted by Crippen LogP contribution is -2.02. The van der Waals surface area contributed by atoms with Gasteiger partial charge in [-0.3, -0.25) is 4.79 Å². The Morgan fingerprint density at radius 3 is 2.68 bits per heavy atom. The van der Waals surface area contributed by atoms with Gasteiger partial charge in [-0.2, -0.15) is 0 Å². The maximum atomic E-state index is 12.5. The van der Waals surface area contributed by atoms with E-state index in [2.05, 4.69) is 0 Å². The van der Waals surface area contributed by atoms with Crippen LogP contribution >= 0.6 is 0 Å². The maximum absolute atomic E-state index is 12.5. The molecule has 4 rings (SSSR count). The molecule has 0 aliphatic carbocycles. The van der Waals surface area contributed by atoms with Crippen LogP contribution in [0.15, 0.2) is 57.4 Å². The summed E-state index contributed by atoms with van der Waals surface area (Å²) in [5.41, 5.74) is 1.96. The van der Waals surface area contributed by atoms with Crippen molar-refractivity contribution in [2.24, 2.45) is 0 Å². The van der Waals surface area contributed by atoms with Gasteiger partial charge in [0.2, 0.25) is 5.78 Å². The second-order valence-electron chi connectivity index (χ2n) is 5.82. The topological polar surface area (TPSA) is 65.7 Å². The molecule has 2 aromatic carbocycles. The summed E-state index contributed by atoms with van der Waals surface area (Å²) in [4.78, 5) is 24.4. The summed E-state index contributed by atoms with van der Waals surface area (Å²) in [6.07, 6.45) is 1.57. The van der Waals surface area contributed by atoms with E-state index in [1.165, 1.54) is 13.2 Å². The Bertz CT molecular complexity index is 1100. The zero-order chi connectivity index (χ0) is 17.6. The van der Waals surface area contributed by atoms with E-state index in [-0.39, 0.29) is 11.5 Å². The first kappa shape index (κ1) is 15.2. The molecule has 1 aromatic heterocycles. The van der Waals surface area contributed by atoms with Crippen molar-refractivity contribution in [3.8, 4) is 11.5 Å². The summed E-state index contributed by atoms with van der Waals surface area (Å²) in [6.45, 7) is 1.93. The molecule has 5 nitrogen and oxygen atoms in total. The van der Waals surface area contributed by atoms with Crippen molar-refractivity contribution in [1.82, 2.24) is 0 Å². The van der Waals surface area contributed by atoms with Crippen LogP contribution in [0.2, 0.25) is 0 Å². The number of carbonyl (C=O) groups excluding carboxylic acids is 1. The number of aryl methyl sites for hydroxylation is 1. The quantitative estimate of drug-likeness (QED) is 0.528. The number of methoxy groups -OCH3 is 1. The molecular weight excluding hydrogens is 320 g/mol. The molecule has 0 saturated heterocycles. The lowest BCUT2D eigenvalue weighted by atomic mass is 10.1. The minimum absolute atomic E-state index is 0.184. The van der Waals surface area contributed by atoms with Crippen LogP contribution in [-0.4, -0.2) is 12.9 Å². The van der Waals surface area contributed by atoms with E-state index in [1.54, 1.807) is 30.3 Å². The predicted octanol–water partition coefficient (Wildman–Crippen LogP) is 3.73. The number of benzene rings is 2. The van der Waals surface area contributed by atoms with E-state index in [1.807, 2.05) is 19.1 Å². The van der Waals surface area contributed by atoms with E-state index >= 15 is 0 Å². The minimum Gasteiger partial charge on any atom is -0.497 e. The molecule has 0 atom stereocenters. The van der Waals surface area contributed by atoms with Gasteiger partial charge in [0.1, 0.15) is 17.1 Å². The highest BCUT2D eigenvalue weighted by molar-refractivity contribution is 6.15.